The number of amides is 2. The summed E-state index contributed by atoms with van der Waals surface area (Å²) in [5.74, 6) is -0.825. The van der Waals surface area contributed by atoms with E-state index in [-0.39, 0.29) is 30.2 Å². The molecule has 0 bridgehead atoms. The van der Waals surface area contributed by atoms with Crippen molar-refractivity contribution in [3.63, 3.8) is 0 Å². The molecule has 4 rings (SSSR count). The maximum atomic E-state index is 13.2. The van der Waals surface area contributed by atoms with E-state index in [1.165, 1.54) is 0 Å². The van der Waals surface area contributed by atoms with E-state index in [0.717, 1.165) is 56.4 Å². The lowest BCUT2D eigenvalue weighted by atomic mass is 9.87. The summed E-state index contributed by atoms with van der Waals surface area (Å²) in [7, 11) is 0. The molecule has 3 fully saturated rings. The maximum Gasteiger partial charge on any atom is 0.309 e. The van der Waals surface area contributed by atoms with Gasteiger partial charge in [-0.1, -0.05) is 67.8 Å². The van der Waals surface area contributed by atoms with Crippen LogP contribution in [0.25, 0.3) is 0 Å². The zero-order valence-electron chi connectivity index (χ0n) is 20.7. The Morgan fingerprint density at radius 1 is 1.03 bits per heavy atom. The molecular weight excluding hydrogens is 500 g/mol. The topological polar surface area (TPSA) is 100 Å². The summed E-state index contributed by atoms with van der Waals surface area (Å²) in [6, 6.07) is 9.24. The Balaban J connectivity index is 0.00000361. The molecule has 8 nitrogen and oxygen atoms in total. The van der Waals surface area contributed by atoms with Crippen molar-refractivity contribution in [2.45, 2.75) is 64.0 Å². The number of rotatable bonds is 8. The second-order valence-corrected chi connectivity index (χ2v) is 10.6. The van der Waals surface area contributed by atoms with Crippen LogP contribution in [0.4, 0.5) is 0 Å². The number of carbonyl (C=O) groups excluding carboxylic acids is 3. The number of halogens is 1. The standard InChI is InChI=1S/C26H36N4O4S.ClH/c31-23(25(33)28-29-26-30(14-17-35-26)18-19-8-4-3-5-9-19)22(20-12-15-34-16-13-20)27-24(32)21-10-6-1-2-7-11-21;/h3-5,8-9,20-22H,1-2,6-7,10-18H2,(H,27,32)(H,28,33);1H. The van der Waals surface area contributed by atoms with Crippen LogP contribution in [-0.2, 0) is 25.7 Å². The molecule has 0 spiro atoms. The molecule has 2 aliphatic heterocycles. The summed E-state index contributed by atoms with van der Waals surface area (Å²) in [4.78, 5) is 41.3. The summed E-state index contributed by atoms with van der Waals surface area (Å²) in [5, 5.41) is 7.94. The van der Waals surface area contributed by atoms with Gasteiger partial charge in [-0.25, -0.2) is 5.43 Å². The van der Waals surface area contributed by atoms with Crippen LogP contribution in [0.3, 0.4) is 0 Å². The first-order valence-corrected chi connectivity index (χ1v) is 13.8. The average Bonchev–Trinajstić information content (AvgIpc) is 3.15. The Labute approximate surface area is 223 Å². The molecule has 1 aliphatic carbocycles. The molecule has 1 aromatic rings. The van der Waals surface area contributed by atoms with Gasteiger partial charge in [-0.05, 0) is 37.2 Å². The number of nitrogens with one attached hydrogen (secondary N) is 2. The van der Waals surface area contributed by atoms with E-state index >= 15 is 0 Å². The van der Waals surface area contributed by atoms with Crippen LogP contribution in [0, 0.1) is 11.8 Å². The first-order valence-electron chi connectivity index (χ1n) is 12.8. The number of hydrogen-bond acceptors (Lipinski definition) is 6. The highest BCUT2D eigenvalue weighted by molar-refractivity contribution is 8.14. The SMILES string of the molecule is Cl.O=C(NN=C1SCCN1Cc1ccccc1)C(=O)C(NC(=O)C1CCCCCC1)C1CCOCC1. The molecule has 0 radical (unpaired) electrons. The number of benzene rings is 1. The fourth-order valence-electron chi connectivity index (χ4n) is 5.04. The normalized spacial score (nSPS) is 21.3. The molecule has 2 saturated heterocycles. The van der Waals surface area contributed by atoms with Gasteiger partial charge < -0.3 is 15.0 Å². The number of ether oxygens (including phenoxy) is 1. The molecule has 2 heterocycles. The van der Waals surface area contributed by atoms with E-state index in [1.807, 2.05) is 18.2 Å². The van der Waals surface area contributed by atoms with Gasteiger partial charge in [-0.2, -0.15) is 0 Å². The lowest BCUT2D eigenvalue weighted by Crippen LogP contribution is -2.53. The summed E-state index contributed by atoms with van der Waals surface area (Å²) in [5.41, 5.74) is 3.64. The van der Waals surface area contributed by atoms with Crippen LogP contribution in [0.2, 0.25) is 0 Å². The van der Waals surface area contributed by atoms with Crippen molar-refractivity contribution < 1.29 is 19.1 Å². The second-order valence-electron chi connectivity index (χ2n) is 9.58. The lowest BCUT2D eigenvalue weighted by Gasteiger charge is -2.30. The van der Waals surface area contributed by atoms with Crippen molar-refractivity contribution in [3.8, 4) is 0 Å². The molecule has 1 unspecified atom stereocenters. The first kappa shape index (κ1) is 28.5. The largest absolute Gasteiger partial charge is 0.381 e. The van der Waals surface area contributed by atoms with Crippen LogP contribution in [0.1, 0.15) is 56.9 Å². The van der Waals surface area contributed by atoms with Crippen LogP contribution in [0.5, 0.6) is 0 Å². The Morgan fingerprint density at radius 3 is 2.42 bits per heavy atom. The van der Waals surface area contributed by atoms with Crippen LogP contribution in [0.15, 0.2) is 35.4 Å². The lowest BCUT2D eigenvalue weighted by molar-refractivity contribution is -0.142. The minimum atomic E-state index is -0.841. The van der Waals surface area contributed by atoms with E-state index in [2.05, 4.69) is 32.9 Å². The van der Waals surface area contributed by atoms with E-state index in [9.17, 15) is 14.4 Å². The number of thioether (sulfide) groups is 1. The third-order valence-electron chi connectivity index (χ3n) is 7.10. The summed E-state index contributed by atoms with van der Waals surface area (Å²) in [6.07, 6.45) is 7.33. The third kappa shape index (κ3) is 7.95. The predicted molar refractivity (Wildman–Crippen MR) is 144 cm³/mol. The van der Waals surface area contributed by atoms with Crippen molar-refractivity contribution in [1.82, 2.24) is 15.6 Å². The monoisotopic (exact) mass is 536 g/mol. The van der Waals surface area contributed by atoms with Crippen molar-refractivity contribution >= 4 is 46.9 Å². The highest BCUT2D eigenvalue weighted by atomic mass is 35.5. The molecule has 1 saturated carbocycles. The molecular formula is C26H37ClN4O4S. The zero-order chi connectivity index (χ0) is 24.5. The fraction of sp³-hybridized carbons (Fsp3) is 0.615. The molecule has 0 aromatic heterocycles. The summed E-state index contributed by atoms with van der Waals surface area (Å²) < 4.78 is 5.45. The van der Waals surface area contributed by atoms with Crippen LogP contribution in [-0.4, -0.2) is 59.2 Å². The van der Waals surface area contributed by atoms with Gasteiger partial charge in [0.25, 0.3) is 0 Å². The minimum absolute atomic E-state index is 0. The van der Waals surface area contributed by atoms with Crippen LogP contribution >= 0.6 is 24.2 Å². The van der Waals surface area contributed by atoms with Gasteiger partial charge in [-0.15, -0.1) is 17.5 Å². The Morgan fingerprint density at radius 2 is 1.72 bits per heavy atom. The summed E-state index contributed by atoms with van der Waals surface area (Å²) >= 11 is 1.55. The highest BCUT2D eigenvalue weighted by Crippen LogP contribution is 2.25. The number of Topliss-reactive ketones (excluding diaryl/α,β-unsaturated/α-hetero) is 1. The highest BCUT2D eigenvalue weighted by Gasteiger charge is 2.36. The number of amidine groups is 1. The van der Waals surface area contributed by atoms with E-state index in [1.54, 1.807) is 11.8 Å². The smallest absolute Gasteiger partial charge is 0.309 e. The Hall–Kier alpha value is -2.10. The van der Waals surface area contributed by atoms with Crippen molar-refractivity contribution in [2.75, 3.05) is 25.5 Å². The van der Waals surface area contributed by atoms with Crippen LogP contribution < -0.4 is 10.7 Å². The van der Waals surface area contributed by atoms with E-state index in [0.29, 0.717) is 37.8 Å². The first-order chi connectivity index (χ1) is 17.1. The van der Waals surface area contributed by atoms with Gasteiger partial charge in [0.05, 0.1) is 0 Å². The number of nitrogens with zero attached hydrogens (tertiary/aromatic N) is 2. The summed E-state index contributed by atoms with van der Waals surface area (Å²) in [6.45, 7) is 2.58. The third-order valence-corrected chi connectivity index (χ3v) is 8.09. The second kappa shape index (κ2) is 14.6. The van der Waals surface area contributed by atoms with Gasteiger partial charge in [0.15, 0.2) is 5.17 Å². The Bertz CT molecular complexity index is 902. The van der Waals surface area contributed by atoms with Gasteiger partial charge >= 0.3 is 5.91 Å². The molecule has 2 amide bonds. The predicted octanol–water partition coefficient (Wildman–Crippen LogP) is 3.50. The van der Waals surface area contributed by atoms with Gasteiger partial charge in [0, 0.05) is 38.0 Å². The maximum absolute atomic E-state index is 13.2. The average molecular weight is 537 g/mol. The van der Waals surface area contributed by atoms with Gasteiger partial charge in [-0.3, -0.25) is 14.4 Å². The number of ketones is 1. The molecule has 198 valence electrons. The van der Waals surface area contributed by atoms with Gasteiger partial charge in [0.2, 0.25) is 11.7 Å². The number of hydrogen-bond donors (Lipinski definition) is 2. The molecule has 3 aliphatic rings. The number of carbonyl (C=O) groups is 3. The number of hydrazone groups is 1. The van der Waals surface area contributed by atoms with Crippen molar-refractivity contribution in [1.29, 1.82) is 0 Å². The molecule has 36 heavy (non-hydrogen) atoms. The van der Waals surface area contributed by atoms with E-state index < -0.39 is 17.7 Å². The Kier molecular flexibility index (Phi) is 11.5. The minimum Gasteiger partial charge on any atom is -0.381 e. The molecule has 1 atom stereocenters. The molecule has 2 N–H and O–H groups in total. The molecule has 1 aromatic carbocycles. The van der Waals surface area contributed by atoms with Gasteiger partial charge in [0.1, 0.15) is 6.04 Å². The van der Waals surface area contributed by atoms with Crippen molar-refractivity contribution in [2.24, 2.45) is 16.9 Å². The van der Waals surface area contributed by atoms with E-state index in [4.69, 9.17) is 4.74 Å². The quantitative estimate of drug-likeness (QED) is 0.300. The fourth-order valence-corrected chi connectivity index (χ4v) is 5.98. The van der Waals surface area contributed by atoms with Crippen molar-refractivity contribution in [3.05, 3.63) is 35.9 Å². The molecule has 10 heteroatoms. The zero-order valence-corrected chi connectivity index (χ0v) is 22.3.